The Kier molecular flexibility index (Phi) is 5.44. The van der Waals surface area contributed by atoms with Gasteiger partial charge in [-0.3, -0.25) is 0 Å². The third kappa shape index (κ3) is 3.64. The van der Waals surface area contributed by atoms with Crippen molar-refractivity contribution in [2.24, 2.45) is 0 Å². The second-order valence-corrected chi connectivity index (χ2v) is 13.6. The molecule has 1 aliphatic rings. The first-order valence-corrected chi connectivity index (χ1v) is 16.6. The Morgan fingerprint density at radius 1 is 0.340 bits per heavy atom. The summed E-state index contributed by atoms with van der Waals surface area (Å²) in [5.41, 5.74) is 10.6. The molecule has 9 aromatic rings. The van der Waals surface area contributed by atoms with Crippen molar-refractivity contribution in [3.05, 3.63) is 169 Å². The van der Waals surface area contributed by atoms with Crippen LogP contribution in [0.25, 0.3) is 87.2 Å². The zero-order valence-electron chi connectivity index (χ0n) is 26.5. The molecule has 0 heterocycles. The van der Waals surface area contributed by atoms with Crippen LogP contribution in [0.15, 0.2) is 158 Å². The Bertz CT molecular complexity index is 2760. The van der Waals surface area contributed by atoms with Crippen LogP contribution in [-0.4, -0.2) is 0 Å². The van der Waals surface area contributed by atoms with Gasteiger partial charge in [0.15, 0.2) is 0 Å². The first-order chi connectivity index (χ1) is 23.1. The lowest BCUT2D eigenvalue weighted by Gasteiger charge is -2.23. The SMILES string of the molecule is CC1(C)c2ccccc2-c2ccc(-c3c4ccccc4c(-c4cc5ccccc5c5ccccc45)c4c3ccc3ccccc34)cc21. The summed E-state index contributed by atoms with van der Waals surface area (Å²) in [6, 6.07) is 59.0. The zero-order chi connectivity index (χ0) is 31.3. The maximum atomic E-state index is 2.48. The number of fused-ring (bicyclic) bond motifs is 10. The predicted octanol–water partition coefficient (Wildman–Crippen LogP) is 13.1. The summed E-state index contributed by atoms with van der Waals surface area (Å²) in [5, 5.41) is 12.9. The van der Waals surface area contributed by atoms with Gasteiger partial charge in [-0.25, -0.2) is 0 Å². The molecule has 0 heteroatoms. The highest BCUT2D eigenvalue weighted by atomic mass is 14.4. The minimum atomic E-state index is -0.0653. The molecule has 0 radical (unpaired) electrons. The van der Waals surface area contributed by atoms with E-state index in [9.17, 15) is 0 Å². The average Bonchev–Trinajstić information content (AvgIpc) is 3.35. The van der Waals surface area contributed by atoms with E-state index in [1.165, 1.54) is 98.4 Å². The number of benzene rings is 9. The summed E-state index contributed by atoms with van der Waals surface area (Å²) in [6.07, 6.45) is 0. The largest absolute Gasteiger partial charge is 0.0619 e. The van der Waals surface area contributed by atoms with E-state index in [2.05, 4.69) is 172 Å². The molecule has 0 unspecified atom stereocenters. The van der Waals surface area contributed by atoms with Gasteiger partial charge in [0.25, 0.3) is 0 Å². The maximum absolute atomic E-state index is 2.48. The molecule has 0 fully saturated rings. The van der Waals surface area contributed by atoms with Crippen molar-refractivity contribution in [2.75, 3.05) is 0 Å². The first-order valence-electron chi connectivity index (χ1n) is 16.6. The molecule has 220 valence electrons. The zero-order valence-corrected chi connectivity index (χ0v) is 26.5. The Hall–Kier alpha value is -5.72. The van der Waals surface area contributed by atoms with E-state index in [0.717, 1.165) is 0 Å². The average molecular weight is 597 g/mol. The molecule has 0 saturated carbocycles. The number of hydrogen-bond donors (Lipinski definition) is 0. The molecule has 0 saturated heterocycles. The number of rotatable bonds is 2. The smallest absolute Gasteiger partial charge is 0.0159 e. The molecule has 9 aromatic carbocycles. The van der Waals surface area contributed by atoms with Gasteiger partial charge in [0, 0.05) is 5.41 Å². The highest BCUT2D eigenvalue weighted by Gasteiger charge is 2.35. The van der Waals surface area contributed by atoms with E-state index in [4.69, 9.17) is 0 Å². The summed E-state index contributed by atoms with van der Waals surface area (Å²) in [6.45, 7) is 4.75. The summed E-state index contributed by atoms with van der Waals surface area (Å²) in [5.74, 6) is 0. The van der Waals surface area contributed by atoms with Crippen LogP contribution in [0.5, 0.6) is 0 Å². The third-order valence-electron chi connectivity index (χ3n) is 10.8. The molecule has 0 aromatic heterocycles. The van der Waals surface area contributed by atoms with Crippen molar-refractivity contribution < 1.29 is 0 Å². The molecule has 0 spiro atoms. The Morgan fingerprint density at radius 2 is 0.936 bits per heavy atom. The highest BCUT2D eigenvalue weighted by molar-refractivity contribution is 6.30. The molecule has 0 N–H and O–H groups in total. The van der Waals surface area contributed by atoms with Crippen molar-refractivity contribution in [3.63, 3.8) is 0 Å². The van der Waals surface area contributed by atoms with E-state index in [-0.39, 0.29) is 5.41 Å². The van der Waals surface area contributed by atoms with Crippen molar-refractivity contribution >= 4 is 53.9 Å². The van der Waals surface area contributed by atoms with Crippen molar-refractivity contribution in [3.8, 4) is 33.4 Å². The van der Waals surface area contributed by atoms with E-state index >= 15 is 0 Å². The predicted molar refractivity (Wildman–Crippen MR) is 202 cm³/mol. The van der Waals surface area contributed by atoms with E-state index in [1.54, 1.807) is 0 Å². The van der Waals surface area contributed by atoms with Gasteiger partial charge in [0.2, 0.25) is 0 Å². The molecule has 47 heavy (non-hydrogen) atoms. The topological polar surface area (TPSA) is 0 Å². The van der Waals surface area contributed by atoms with Crippen LogP contribution in [0, 0.1) is 0 Å². The van der Waals surface area contributed by atoms with Gasteiger partial charge in [-0.05, 0) is 111 Å². The van der Waals surface area contributed by atoms with Gasteiger partial charge < -0.3 is 0 Å². The second-order valence-electron chi connectivity index (χ2n) is 13.6. The van der Waals surface area contributed by atoms with Crippen molar-refractivity contribution in [1.29, 1.82) is 0 Å². The normalized spacial score (nSPS) is 13.5. The van der Waals surface area contributed by atoms with E-state index < -0.39 is 0 Å². The van der Waals surface area contributed by atoms with Gasteiger partial charge in [0.05, 0.1) is 0 Å². The lowest BCUT2D eigenvalue weighted by atomic mass is 9.79. The van der Waals surface area contributed by atoms with Crippen LogP contribution in [0.4, 0.5) is 0 Å². The molecule has 0 amide bonds. The molecule has 0 atom stereocenters. The summed E-state index contributed by atoms with van der Waals surface area (Å²) >= 11 is 0. The lowest BCUT2D eigenvalue weighted by molar-refractivity contribution is 0.660. The maximum Gasteiger partial charge on any atom is 0.0159 e. The summed E-state index contributed by atoms with van der Waals surface area (Å²) < 4.78 is 0. The minimum Gasteiger partial charge on any atom is -0.0619 e. The van der Waals surface area contributed by atoms with Crippen LogP contribution in [0.1, 0.15) is 25.0 Å². The molecule has 0 nitrogen and oxygen atoms in total. The quantitative estimate of drug-likeness (QED) is 0.138. The summed E-state index contributed by atoms with van der Waals surface area (Å²) in [4.78, 5) is 0. The molecule has 10 rings (SSSR count). The van der Waals surface area contributed by atoms with Gasteiger partial charge >= 0.3 is 0 Å². The fraction of sp³-hybridized carbons (Fsp3) is 0.0638. The molecular weight excluding hydrogens is 565 g/mol. The van der Waals surface area contributed by atoms with Gasteiger partial charge in [-0.15, -0.1) is 0 Å². The van der Waals surface area contributed by atoms with E-state index in [0.29, 0.717) is 0 Å². The standard InChI is InChI=1S/C47H32/c1-47(2)42-22-12-11-19-36(42)37-25-24-31(28-43(37)47)44-38-20-9-10-21-39(38)46(45-33-16-6-3-13-29(33)23-26-40(44)45)41-27-30-14-4-5-15-32(30)34-17-7-8-18-35(34)41/h3-28H,1-2H3. The fourth-order valence-corrected chi connectivity index (χ4v) is 8.66. The van der Waals surface area contributed by atoms with Crippen LogP contribution >= 0.6 is 0 Å². The van der Waals surface area contributed by atoms with Gasteiger partial charge in [0.1, 0.15) is 0 Å². The molecule has 0 bridgehead atoms. The second kappa shape index (κ2) is 9.64. The first kappa shape index (κ1) is 26.5. The van der Waals surface area contributed by atoms with Crippen molar-refractivity contribution in [1.82, 2.24) is 0 Å². The fourth-order valence-electron chi connectivity index (χ4n) is 8.66. The Balaban J connectivity index is 1.38. The van der Waals surface area contributed by atoms with Crippen molar-refractivity contribution in [2.45, 2.75) is 19.3 Å². The highest BCUT2D eigenvalue weighted by Crippen LogP contribution is 2.52. The lowest BCUT2D eigenvalue weighted by Crippen LogP contribution is -2.14. The number of hydrogen-bond acceptors (Lipinski definition) is 0. The van der Waals surface area contributed by atoms with E-state index in [1.807, 2.05) is 0 Å². The summed E-state index contributed by atoms with van der Waals surface area (Å²) in [7, 11) is 0. The van der Waals surface area contributed by atoms with Crippen LogP contribution in [0.2, 0.25) is 0 Å². The molecule has 0 aliphatic heterocycles. The third-order valence-corrected chi connectivity index (χ3v) is 10.8. The van der Waals surface area contributed by atoms with Gasteiger partial charge in [-0.2, -0.15) is 0 Å². The van der Waals surface area contributed by atoms with Crippen LogP contribution in [-0.2, 0) is 5.41 Å². The van der Waals surface area contributed by atoms with Crippen LogP contribution < -0.4 is 0 Å². The Morgan fingerprint density at radius 3 is 1.74 bits per heavy atom. The molecule has 1 aliphatic carbocycles. The molecular formula is C47H32. The monoisotopic (exact) mass is 596 g/mol. The van der Waals surface area contributed by atoms with Gasteiger partial charge in [-0.1, -0.05) is 159 Å². The minimum absolute atomic E-state index is 0.0653. The van der Waals surface area contributed by atoms with Crippen LogP contribution in [0.3, 0.4) is 0 Å². The Labute approximate surface area is 274 Å².